The van der Waals surface area contributed by atoms with Crippen LogP contribution < -0.4 is 19.1 Å². The van der Waals surface area contributed by atoms with Gasteiger partial charge in [-0.1, -0.05) is 32.0 Å². The van der Waals surface area contributed by atoms with Crippen LogP contribution in [0.2, 0.25) is 0 Å². The van der Waals surface area contributed by atoms with Crippen molar-refractivity contribution in [2.45, 2.75) is 38.8 Å². The van der Waals surface area contributed by atoms with E-state index in [-0.39, 0.29) is 12.8 Å². The monoisotopic (exact) mass is 438 g/mol. The minimum atomic E-state index is 0.106. The van der Waals surface area contributed by atoms with Crippen molar-refractivity contribution >= 4 is 5.69 Å². The van der Waals surface area contributed by atoms with Crippen LogP contribution in [0.4, 0.5) is 5.69 Å². The Balaban J connectivity index is 1.43. The molecule has 5 rings (SSSR count). The topological polar surface area (TPSA) is 43.4 Å². The number of para-hydroxylation sites is 2. The zero-order chi connectivity index (χ0) is 21.9. The molecule has 6 heteroatoms. The summed E-state index contributed by atoms with van der Waals surface area (Å²) in [6.45, 7) is 10.1. The molecule has 0 amide bonds. The lowest BCUT2D eigenvalue weighted by atomic mass is 10.0. The third kappa shape index (κ3) is 4.52. The molecule has 6 nitrogen and oxygen atoms in total. The smallest absolute Gasteiger partial charge is 0.231 e. The number of nitrogens with zero attached hydrogens (tertiary/aromatic N) is 2. The maximum Gasteiger partial charge on any atom is 0.231 e. The van der Waals surface area contributed by atoms with Crippen LogP contribution >= 0.6 is 0 Å². The van der Waals surface area contributed by atoms with Crippen LogP contribution in [0.5, 0.6) is 17.2 Å². The summed E-state index contributed by atoms with van der Waals surface area (Å²) in [6, 6.07) is 15.1. The third-order valence-electron chi connectivity index (χ3n) is 6.55. The molecular weight excluding hydrogens is 404 g/mol. The highest BCUT2D eigenvalue weighted by Gasteiger charge is 2.33. The van der Waals surface area contributed by atoms with Gasteiger partial charge in [0.25, 0.3) is 0 Å². The number of ether oxygens (including phenoxy) is 4. The second-order valence-electron chi connectivity index (χ2n) is 9.39. The van der Waals surface area contributed by atoms with E-state index in [1.165, 1.54) is 18.4 Å². The maximum atomic E-state index is 6.20. The Morgan fingerprint density at radius 2 is 1.75 bits per heavy atom. The lowest BCUT2D eigenvalue weighted by Gasteiger charge is -2.42. The molecule has 1 fully saturated rings. The van der Waals surface area contributed by atoms with Crippen molar-refractivity contribution in [3.63, 3.8) is 0 Å². The number of rotatable bonds is 8. The average Bonchev–Trinajstić information content (AvgIpc) is 3.50. The molecule has 2 unspecified atom stereocenters. The van der Waals surface area contributed by atoms with E-state index >= 15 is 0 Å². The van der Waals surface area contributed by atoms with Gasteiger partial charge in [-0.25, -0.2) is 0 Å². The van der Waals surface area contributed by atoms with E-state index in [0.29, 0.717) is 18.6 Å². The molecule has 172 valence electrons. The quantitative estimate of drug-likeness (QED) is 0.605. The zero-order valence-electron chi connectivity index (χ0n) is 19.2. The highest BCUT2D eigenvalue weighted by molar-refractivity contribution is 5.62. The van der Waals surface area contributed by atoms with Crippen LogP contribution in [0.15, 0.2) is 42.5 Å². The number of hydrogen-bond donors (Lipinski definition) is 0. The van der Waals surface area contributed by atoms with Gasteiger partial charge in [-0.15, -0.1) is 0 Å². The van der Waals surface area contributed by atoms with E-state index in [1.54, 1.807) is 0 Å². The predicted molar refractivity (Wildman–Crippen MR) is 125 cm³/mol. The highest BCUT2D eigenvalue weighted by Crippen LogP contribution is 2.42. The van der Waals surface area contributed by atoms with Crippen LogP contribution in [0, 0.1) is 5.92 Å². The first-order valence-corrected chi connectivity index (χ1v) is 11.9. The molecule has 32 heavy (non-hydrogen) atoms. The first-order chi connectivity index (χ1) is 15.7. The fourth-order valence-electron chi connectivity index (χ4n) is 4.91. The van der Waals surface area contributed by atoms with Crippen LogP contribution in [0.25, 0.3) is 0 Å². The molecule has 3 aliphatic rings. The van der Waals surface area contributed by atoms with Gasteiger partial charge in [0.1, 0.15) is 12.4 Å². The summed E-state index contributed by atoms with van der Waals surface area (Å²) in [5, 5.41) is 0. The SMILES string of the molecule is CC(C)COCC(CN1c2ccccc2OCC1c1ccc2c(c1)OCO2)N1CCCC1. The van der Waals surface area contributed by atoms with Crippen LogP contribution in [0.1, 0.15) is 38.3 Å². The van der Waals surface area contributed by atoms with Crippen LogP contribution in [0.3, 0.4) is 0 Å². The summed E-state index contributed by atoms with van der Waals surface area (Å²) in [4.78, 5) is 5.12. The molecule has 0 radical (unpaired) electrons. The van der Waals surface area contributed by atoms with E-state index in [2.05, 4.69) is 54.0 Å². The van der Waals surface area contributed by atoms with Gasteiger partial charge in [0.15, 0.2) is 11.5 Å². The summed E-state index contributed by atoms with van der Waals surface area (Å²) in [6.07, 6.45) is 2.54. The van der Waals surface area contributed by atoms with Gasteiger partial charge >= 0.3 is 0 Å². The molecule has 2 aromatic rings. The fraction of sp³-hybridized carbons (Fsp3) is 0.538. The van der Waals surface area contributed by atoms with Crippen LogP contribution in [-0.4, -0.2) is 57.2 Å². The number of likely N-dealkylation sites (tertiary alicyclic amines) is 1. The lowest BCUT2D eigenvalue weighted by molar-refractivity contribution is 0.0553. The molecule has 0 N–H and O–H groups in total. The number of hydrogen-bond acceptors (Lipinski definition) is 6. The Morgan fingerprint density at radius 1 is 0.938 bits per heavy atom. The minimum Gasteiger partial charge on any atom is -0.489 e. The van der Waals surface area contributed by atoms with Gasteiger partial charge in [-0.3, -0.25) is 4.90 Å². The van der Waals surface area contributed by atoms with E-state index in [0.717, 1.165) is 55.8 Å². The number of benzene rings is 2. The molecule has 3 heterocycles. The summed E-state index contributed by atoms with van der Waals surface area (Å²) in [5.74, 6) is 3.12. The van der Waals surface area contributed by atoms with Crippen molar-refractivity contribution in [2.24, 2.45) is 5.92 Å². The van der Waals surface area contributed by atoms with Gasteiger partial charge in [-0.2, -0.15) is 0 Å². The Kier molecular flexibility index (Phi) is 6.42. The van der Waals surface area contributed by atoms with Crippen molar-refractivity contribution < 1.29 is 18.9 Å². The Hall–Kier alpha value is -2.44. The number of anilines is 1. The van der Waals surface area contributed by atoms with E-state index in [9.17, 15) is 0 Å². The van der Waals surface area contributed by atoms with Gasteiger partial charge < -0.3 is 23.8 Å². The molecule has 0 bridgehead atoms. The molecular formula is C26H34N2O4. The molecule has 2 atom stereocenters. The summed E-state index contributed by atoms with van der Waals surface area (Å²) in [5.41, 5.74) is 2.33. The normalized spacial score (nSPS) is 21.0. The van der Waals surface area contributed by atoms with Crippen molar-refractivity contribution in [1.82, 2.24) is 4.90 Å². The Bertz CT molecular complexity index is 912. The fourth-order valence-corrected chi connectivity index (χ4v) is 4.91. The van der Waals surface area contributed by atoms with Gasteiger partial charge in [0.05, 0.1) is 24.4 Å². The largest absolute Gasteiger partial charge is 0.489 e. The third-order valence-corrected chi connectivity index (χ3v) is 6.55. The predicted octanol–water partition coefficient (Wildman–Crippen LogP) is 4.49. The van der Waals surface area contributed by atoms with Gasteiger partial charge in [0, 0.05) is 13.2 Å². The van der Waals surface area contributed by atoms with E-state index in [4.69, 9.17) is 18.9 Å². The second-order valence-corrected chi connectivity index (χ2v) is 9.39. The first kappa shape index (κ1) is 21.4. The van der Waals surface area contributed by atoms with E-state index in [1.807, 2.05) is 12.1 Å². The van der Waals surface area contributed by atoms with Crippen molar-refractivity contribution in [1.29, 1.82) is 0 Å². The van der Waals surface area contributed by atoms with Crippen molar-refractivity contribution in [2.75, 3.05) is 51.1 Å². The van der Waals surface area contributed by atoms with Gasteiger partial charge in [-0.05, 0) is 61.7 Å². The zero-order valence-corrected chi connectivity index (χ0v) is 19.2. The molecule has 2 aromatic carbocycles. The standard InChI is InChI=1S/C26H34N2O4/c1-19(2)15-29-16-21(27-11-5-6-12-27)14-28-22-7-3-4-8-24(22)30-17-23(28)20-9-10-25-26(13-20)32-18-31-25/h3-4,7-10,13,19,21,23H,5-6,11-12,14-18H2,1-2H3. The lowest BCUT2D eigenvalue weighted by Crippen LogP contribution is -2.49. The first-order valence-electron chi connectivity index (χ1n) is 11.9. The van der Waals surface area contributed by atoms with Gasteiger partial charge in [0.2, 0.25) is 6.79 Å². The molecule has 0 aromatic heterocycles. The van der Waals surface area contributed by atoms with Crippen LogP contribution in [-0.2, 0) is 4.74 Å². The highest BCUT2D eigenvalue weighted by atomic mass is 16.7. The maximum absolute atomic E-state index is 6.20. The molecule has 3 aliphatic heterocycles. The summed E-state index contributed by atoms with van der Waals surface area (Å²) >= 11 is 0. The minimum absolute atomic E-state index is 0.106. The summed E-state index contributed by atoms with van der Waals surface area (Å²) < 4.78 is 23.6. The number of fused-ring (bicyclic) bond motifs is 2. The summed E-state index contributed by atoms with van der Waals surface area (Å²) in [7, 11) is 0. The second kappa shape index (κ2) is 9.59. The molecule has 0 aliphatic carbocycles. The average molecular weight is 439 g/mol. The molecule has 0 saturated carbocycles. The van der Waals surface area contributed by atoms with Crippen molar-refractivity contribution in [3.05, 3.63) is 48.0 Å². The molecule has 1 saturated heterocycles. The Morgan fingerprint density at radius 3 is 2.59 bits per heavy atom. The Labute approximate surface area is 191 Å². The molecule has 0 spiro atoms. The van der Waals surface area contributed by atoms with E-state index < -0.39 is 0 Å². The van der Waals surface area contributed by atoms with Crippen molar-refractivity contribution in [3.8, 4) is 17.2 Å².